The molecule has 6 heteroatoms. The number of carbonyl (C=O) groups is 2. The molecule has 0 aromatic heterocycles. The topological polar surface area (TPSA) is 67.9 Å². The van der Waals surface area contributed by atoms with Crippen molar-refractivity contribution in [1.82, 2.24) is 10.2 Å². The Kier molecular flexibility index (Phi) is 8.09. The van der Waals surface area contributed by atoms with Gasteiger partial charge in [0, 0.05) is 19.0 Å². The van der Waals surface area contributed by atoms with Gasteiger partial charge < -0.3 is 19.7 Å². The Morgan fingerprint density at radius 1 is 0.971 bits per heavy atom. The van der Waals surface area contributed by atoms with Crippen LogP contribution in [0, 0.1) is 6.92 Å². The number of nitrogens with one attached hydrogen (secondary N) is 1. The van der Waals surface area contributed by atoms with Gasteiger partial charge in [-0.3, -0.25) is 9.59 Å². The lowest BCUT2D eigenvalue weighted by Crippen LogP contribution is -2.50. The van der Waals surface area contributed by atoms with Crippen LogP contribution in [0.4, 0.5) is 0 Å². The van der Waals surface area contributed by atoms with Crippen LogP contribution in [0.3, 0.4) is 0 Å². The van der Waals surface area contributed by atoms with Crippen molar-refractivity contribution < 1.29 is 19.1 Å². The van der Waals surface area contributed by atoms with Gasteiger partial charge in [-0.25, -0.2) is 0 Å². The zero-order chi connectivity index (χ0) is 23.9. The summed E-state index contributed by atoms with van der Waals surface area (Å²) in [6.07, 6.45) is 6.49. The Balaban J connectivity index is 1.44. The quantitative estimate of drug-likeness (QED) is 0.622. The number of fused-ring (bicyclic) bond motifs is 1. The van der Waals surface area contributed by atoms with Gasteiger partial charge >= 0.3 is 0 Å². The lowest BCUT2D eigenvalue weighted by atomic mass is 9.95. The monoisotopic (exact) mass is 464 g/mol. The minimum absolute atomic E-state index is 0.0261. The van der Waals surface area contributed by atoms with Gasteiger partial charge in [-0.1, -0.05) is 55.2 Å². The van der Waals surface area contributed by atoms with Crippen molar-refractivity contribution in [3.63, 3.8) is 0 Å². The fraction of sp³-hybridized carbons (Fsp3) is 0.500. The number of carbonyl (C=O) groups excluding carboxylic acids is 2. The number of rotatable bonds is 8. The van der Waals surface area contributed by atoms with Gasteiger partial charge in [-0.05, 0) is 56.4 Å². The van der Waals surface area contributed by atoms with Gasteiger partial charge in [0.25, 0.3) is 0 Å². The van der Waals surface area contributed by atoms with Gasteiger partial charge in [0.1, 0.15) is 19.3 Å². The van der Waals surface area contributed by atoms with Crippen molar-refractivity contribution in [3.05, 3.63) is 59.2 Å². The Bertz CT molecular complexity index is 982. The summed E-state index contributed by atoms with van der Waals surface area (Å²) in [4.78, 5) is 28.2. The highest BCUT2D eigenvalue weighted by molar-refractivity contribution is 5.87. The Labute approximate surface area is 202 Å². The van der Waals surface area contributed by atoms with E-state index in [0.29, 0.717) is 32.6 Å². The second-order valence-electron chi connectivity index (χ2n) is 9.50. The Morgan fingerprint density at radius 3 is 2.38 bits per heavy atom. The van der Waals surface area contributed by atoms with Gasteiger partial charge in [0.05, 0.1) is 0 Å². The van der Waals surface area contributed by atoms with Gasteiger partial charge in [0.2, 0.25) is 11.8 Å². The molecular formula is C28H36N2O4. The molecule has 2 aromatic rings. The fourth-order valence-electron chi connectivity index (χ4n) is 4.68. The highest BCUT2D eigenvalue weighted by atomic mass is 16.6. The third kappa shape index (κ3) is 6.31. The summed E-state index contributed by atoms with van der Waals surface area (Å²) in [6.45, 7) is 5.39. The first-order valence-electron chi connectivity index (χ1n) is 12.5. The molecule has 1 aliphatic heterocycles. The summed E-state index contributed by atoms with van der Waals surface area (Å²) < 4.78 is 11.3. The maximum Gasteiger partial charge on any atom is 0.242 e. The smallest absolute Gasteiger partial charge is 0.242 e. The van der Waals surface area contributed by atoms with E-state index in [4.69, 9.17) is 9.47 Å². The van der Waals surface area contributed by atoms with Crippen LogP contribution in [-0.2, 0) is 22.6 Å². The van der Waals surface area contributed by atoms with Crippen LogP contribution in [0.25, 0.3) is 0 Å². The number of ether oxygens (including phenoxy) is 2. The zero-order valence-electron chi connectivity index (χ0n) is 20.3. The van der Waals surface area contributed by atoms with Crippen LogP contribution < -0.4 is 14.8 Å². The molecule has 0 radical (unpaired) electrons. The highest BCUT2D eigenvalue weighted by Crippen LogP contribution is 2.31. The molecule has 1 saturated carbocycles. The molecule has 0 saturated heterocycles. The molecule has 1 heterocycles. The molecule has 6 nitrogen and oxygen atoms in total. The Morgan fingerprint density at radius 2 is 1.65 bits per heavy atom. The predicted molar refractivity (Wildman–Crippen MR) is 132 cm³/mol. The third-order valence-electron chi connectivity index (χ3n) is 6.83. The van der Waals surface area contributed by atoms with Crippen molar-refractivity contribution in [3.8, 4) is 11.5 Å². The summed E-state index contributed by atoms with van der Waals surface area (Å²) in [5.74, 6) is 1.39. The molecule has 2 amide bonds. The van der Waals surface area contributed by atoms with Crippen LogP contribution >= 0.6 is 0 Å². The number of benzene rings is 2. The third-order valence-corrected chi connectivity index (χ3v) is 6.83. The second kappa shape index (κ2) is 11.4. The highest BCUT2D eigenvalue weighted by Gasteiger charge is 2.28. The summed E-state index contributed by atoms with van der Waals surface area (Å²) in [6, 6.07) is 13.7. The molecule has 1 fully saturated rings. The van der Waals surface area contributed by atoms with E-state index in [1.807, 2.05) is 56.3 Å². The number of amides is 2. The molecule has 0 bridgehead atoms. The number of hydrogen-bond acceptors (Lipinski definition) is 4. The minimum Gasteiger partial charge on any atom is -0.486 e. The number of aryl methyl sites for hydroxylation is 2. The van der Waals surface area contributed by atoms with Crippen molar-refractivity contribution in [1.29, 1.82) is 0 Å². The first-order chi connectivity index (χ1) is 16.5. The van der Waals surface area contributed by atoms with Crippen molar-refractivity contribution in [2.24, 2.45) is 0 Å². The van der Waals surface area contributed by atoms with E-state index in [-0.39, 0.29) is 17.9 Å². The van der Waals surface area contributed by atoms with E-state index in [9.17, 15) is 9.59 Å². The van der Waals surface area contributed by atoms with E-state index in [1.54, 1.807) is 4.90 Å². The molecule has 34 heavy (non-hydrogen) atoms. The summed E-state index contributed by atoms with van der Waals surface area (Å²) >= 11 is 0. The van der Waals surface area contributed by atoms with Crippen molar-refractivity contribution in [2.45, 2.75) is 77.4 Å². The SMILES string of the molecule is Cc1ccc(CN(C(=O)CCc2ccc3c(c2)OCCO3)[C@@H](C)C(=O)NC2CCCCC2)cc1. The molecule has 2 aromatic carbocycles. The van der Waals surface area contributed by atoms with Crippen LogP contribution in [0.5, 0.6) is 11.5 Å². The molecule has 1 aliphatic carbocycles. The maximum atomic E-state index is 13.4. The standard InChI is InChI=1S/C28H36N2O4/c1-20-8-10-23(11-9-20)19-30(21(2)28(32)29-24-6-4-3-5-7-24)27(31)15-13-22-12-14-25-26(18-22)34-17-16-33-25/h8-12,14,18,21,24H,3-7,13,15-17,19H2,1-2H3,(H,29,32)/t21-/m0/s1. The van der Waals surface area contributed by atoms with Crippen molar-refractivity contribution in [2.75, 3.05) is 13.2 Å². The van der Waals surface area contributed by atoms with E-state index in [1.165, 1.54) is 12.0 Å². The van der Waals surface area contributed by atoms with E-state index in [2.05, 4.69) is 5.32 Å². The molecule has 1 N–H and O–H groups in total. The molecule has 0 unspecified atom stereocenters. The van der Waals surface area contributed by atoms with Gasteiger partial charge in [-0.2, -0.15) is 0 Å². The van der Waals surface area contributed by atoms with Crippen molar-refractivity contribution >= 4 is 11.8 Å². The van der Waals surface area contributed by atoms with E-state index in [0.717, 1.165) is 48.3 Å². The maximum absolute atomic E-state index is 13.4. The zero-order valence-corrected chi connectivity index (χ0v) is 20.3. The molecular weight excluding hydrogens is 428 g/mol. The fourth-order valence-corrected chi connectivity index (χ4v) is 4.68. The van der Waals surface area contributed by atoms with Gasteiger partial charge in [0.15, 0.2) is 11.5 Å². The Hall–Kier alpha value is -3.02. The molecule has 0 spiro atoms. The molecule has 4 rings (SSSR count). The van der Waals surface area contributed by atoms with Crippen LogP contribution in [0.2, 0.25) is 0 Å². The van der Waals surface area contributed by atoms with Crippen LogP contribution in [0.1, 0.15) is 62.1 Å². The lowest BCUT2D eigenvalue weighted by molar-refractivity contribution is -0.141. The second-order valence-corrected chi connectivity index (χ2v) is 9.50. The predicted octanol–water partition coefficient (Wildman–Crippen LogP) is 4.57. The normalized spacial score (nSPS) is 16.5. The largest absolute Gasteiger partial charge is 0.486 e. The van der Waals surface area contributed by atoms with Crippen LogP contribution in [-0.4, -0.2) is 42.0 Å². The first-order valence-corrected chi connectivity index (χ1v) is 12.5. The number of hydrogen-bond donors (Lipinski definition) is 1. The summed E-state index contributed by atoms with van der Waals surface area (Å²) in [5, 5.41) is 3.19. The van der Waals surface area contributed by atoms with E-state index >= 15 is 0 Å². The average Bonchev–Trinajstić information content (AvgIpc) is 2.87. The summed E-state index contributed by atoms with van der Waals surface area (Å²) in [7, 11) is 0. The molecule has 182 valence electrons. The van der Waals surface area contributed by atoms with Gasteiger partial charge in [-0.15, -0.1) is 0 Å². The summed E-state index contributed by atoms with van der Waals surface area (Å²) in [5.41, 5.74) is 3.21. The van der Waals surface area contributed by atoms with Crippen LogP contribution in [0.15, 0.2) is 42.5 Å². The lowest BCUT2D eigenvalue weighted by Gasteiger charge is -2.31. The average molecular weight is 465 g/mol. The van der Waals surface area contributed by atoms with E-state index < -0.39 is 6.04 Å². The number of nitrogens with zero attached hydrogens (tertiary/aromatic N) is 1. The first kappa shape index (κ1) is 24.1. The molecule has 1 atom stereocenters. The molecule has 2 aliphatic rings. The minimum atomic E-state index is -0.531.